The zero-order valence-electron chi connectivity index (χ0n) is 16.8. The Labute approximate surface area is 174 Å². The van der Waals surface area contributed by atoms with Gasteiger partial charge in [-0.25, -0.2) is 4.79 Å². The summed E-state index contributed by atoms with van der Waals surface area (Å²) in [6, 6.07) is 8.64. The summed E-state index contributed by atoms with van der Waals surface area (Å²) in [4.78, 5) is 50.4. The van der Waals surface area contributed by atoms with Gasteiger partial charge in [0, 0.05) is 24.0 Å². The largest absolute Gasteiger partial charge is 0.428 e. The van der Waals surface area contributed by atoms with Gasteiger partial charge in [-0.05, 0) is 19.4 Å². The van der Waals surface area contributed by atoms with E-state index in [9.17, 15) is 19.2 Å². The Bertz CT molecular complexity index is 809. The minimum absolute atomic E-state index is 0.00473. The Morgan fingerprint density at radius 1 is 1.14 bits per heavy atom. The molecular weight excluding hydrogens is 394 g/mol. The maximum atomic E-state index is 12.7. The van der Waals surface area contributed by atoms with Gasteiger partial charge in [-0.3, -0.25) is 14.4 Å². The fourth-order valence-corrected chi connectivity index (χ4v) is 5.41. The fraction of sp³-hybridized carbons (Fsp3) is 0.524. The van der Waals surface area contributed by atoms with Crippen molar-refractivity contribution < 1.29 is 28.7 Å². The number of amides is 1. The van der Waals surface area contributed by atoms with Crippen LogP contribution < -0.4 is 0 Å². The van der Waals surface area contributed by atoms with Gasteiger partial charge < -0.3 is 14.4 Å². The summed E-state index contributed by atoms with van der Waals surface area (Å²) in [5, 5.41) is -0.229. The fourth-order valence-electron chi connectivity index (χ4n) is 3.74. The molecule has 3 rings (SSSR count). The van der Waals surface area contributed by atoms with Crippen molar-refractivity contribution in [3.63, 3.8) is 0 Å². The molecule has 0 aromatic heterocycles. The van der Waals surface area contributed by atoms with Crippen molar-refractivity contribution in [2.45, 2.75) is 56.2 Å². The SMILES string of the molecule is CCC(=O)OCOC(=O)[C@@H]1N2C(=O)[C@@H](CC(=O)Cc3ccccc3)[C@H]2SC1(C)C. The summed E-state index contributed by atoms with van der Waals surface area (Å²) >= 11 is 1.50. The van der Waals surface area contributed by atoms with Gasteiger partial charge in [0.15, 0.2) is 0 Å². The molecule has 2 fully saturated rings. The number of β-lactam (4-membered cyclic amide) rings is 1. The number of esters is 2. The van der Waals surface area contributed by atoms with Gasteiger partial charge in [-0.2, -0.15) is 0 Å². The van der Waals surface area contributed by atoms with Crippen LogP contribution in [0.15, 0.2) is 30.3 Å². The predicted molar refractivity (Wildman–Crippen MR) is 107 cm³/mol. The number of carbonyl (C=O) groups excluding carboxylic acids is 4. The molecule has 1 amide bonds. The standard InChI is InChI=1S/C21H25NO6S/c1-4-16(24)27-12-28-20(26)17-21(2,3)29-19-15(18(25)22(17)19)11-14(23)10-13-8-6-5-7-9-13/h5-9,15,17,19H,4,10-12H2,1-3H3/t15-,17+,19-/m1/s1. The highest BCUT2D eigenvalue weighted by Gasteiger charge is 2.64. The minimum atomic E-state index is -0.772. The highest BCUT2D eigenvalue weighted by atomic mass is 32.2. The van der Waals surface area contributed by atoms with Crippen LogP contribution in [-0.4, -0.2) is 51.5 Å². The van der Waals surface area contributed by atoms with E-state index in [4.69, 9.17) is 9.47 Å². The topological polar surface area (TPSA) is 90.0 Å². The van der Waals surface area contributed by atoms with Gasteiger partial charge in [0.1, 0.15) is 11.8 Å². The number of thioether (sulfide) groups is 1. The lowest BCUT2D eigenvalue weighted by molar-refractivity contribution is -0.178. The number of Topliss-reactive ketones (excluding diaryl/α,β-unsaturated/α-hetero) is 1. The van der Waals surface area contributed by atoms with E-state index < -0.39 is 35.4 Å². The zero-order chi connectivity index (χ0) is 21.2. The van der Waals surface area contributed by atoms with Crippen molar-refractivity contribution in [3.05, 3.63) is 35.9 Å². The lowest BCUT2D eigenvalue weighted by Gasteiger charge is -2.43. The molecule has 8 heteroatoms. The van der Waals surface area contributed by atoms with Crippen LogP contribution in [-0.2, 0) is 35.1 Å². The van der Waals surface area contributed by atoms with Gasteiger partial charge in [0.2, 0.25) is 12.7 Å². The van der Waals surface area contributed by atoms with Gasteiger partial charge in [-0.15, -0.1) is 11.8 Å². The number of nitrogens with zero attached hydrogens (tertiary/aromatic N) is 1. The third-order valence-electron chi connectivity index (χ3n) is 5.18. The second kappa shape index (κ2) is 8.57. The average molecular weight is 419 g/mol. The van der Waals surface area contributed by atoms with Crippen molar-refractivity contribution >= 4 is 35.4 Å². The molecule has 29 heavy (non-hydrogen) atoms. The molecule has 156 valence electrons. The number of fused-ring (bicyclic) bond motifs is 1. The molecule has 0 spiro atoms. The van der Waals surface area contributed by atoms with E-state index in [0.717, 1.165) is 5.56 Å². The van der Waals surface area contributed by atoms with Crippen LogP contribution in [0.3, 0.4) is 0 Å². The van der Waals surface area contributed by atoms with E-state index in [2.05, 4.69) is 0 Å². The quantitative estimate of drug-likeness (QED) is 0.363. The Morgan fingerprint density at radius 3 is 2.48 bits per heavy atom. The molecule has 0 bridgehead atoms. The van der Waals surface area contributed by atoms with Gasteiger partial charge in [0.25, 0.3) is 0 Å². The van der Waals surface area contributed by atoms with E-state index >= 15 is 0 Å². The third-order valence-corrected chi connectivity index (χ3v) is 6.80. The summed E-state index contributed by atoms with van der Waals surface area (Å²) in [6.07, 6.45) is 0.640. The summed E-state index contributed by atoms with van der Waals surface area (Å²) in [6.45, 7) is 4.92. The first kappa shape index (κ1) is 21.4. The molecule has 2 heterocycles. The van der Waals surface area contributed by atoms with E-state index in [-0.39, 0.29) is 29.9 Å². The molecule has 0 aliphatic carbocycles. The van der Waals surface area contributed by atoms with Crippen molar-refractivity contribution in [2.24, 2.45) is 5.92 Å². The lowest BCUT2D eigenvalue weighted by Crippen LogP contribution is -2.63. The van der Waals surface area contributed by atoms with Crippen molar-refractivity contribution in [1.82, 2.24) is 4.90 Å². The average Bonchev–Trinajstić information content (AvgIpc) is 2.94. The molecule has 2 aliphatic rings. The second-order valence-electron chi connectivity index (χ2n) is 7.72. The van der Waals surface area contributed by atoms with E-state index in [1.54, 1.807) is 6.92 Å². The van der Waals surface area contributed by atoms with Crippen LogP contribution in [0.2, 0.25) is 0 Å². The Balaban J connectivity index is 1.59. The number of hydrogen-bond acceptors (Lipinski definition) is 7. The van der Waals surface area contributed by atoms with Crippen molar-refractivity contribution in [2.75, 3.05) is 6.79 Å². The Kier molecular flexibility index (Phi) is 6.31. The monoisotopic (exact) mass is 419 g/mol. The van der Waals surface area contributed by atoms with Crippen LogP contribution >= 0.6 is 11.8 Å². The molecule has 0 saturated carbocycles. The summed E-state index contributed by atoms with van der Waals surface area (Å²) in [5.74, 6) is -1.69. The molecular formula is C21H25NO6S. The number of hydrogen-bond donors (Lipinski definition) is 0. The minimum Gasteiger partial charge on any atom is -0.428 e. The molecule has 2 saturated heterocycles. The highest BCUT2D eigenvalue weighted by molar-refractivity contribution is 8.01. The smallest absolute Gasteiger partial charge is 0.333 e. The van der Waals surface area contributed by atoms with E-state index in [0.29, 0.717) is 6.42 Å². The number of ketones is 1. The normalized spacial score (nSPS) is 24.4. The first-order valence-electron chi connectivity index (χ1n) is 9.62. The molecule has 0 N–H and O–H groups in total. The highest BCUT2D eigenvalue weighted by Crippen LogP contribution is 2.54. The van der Waals surface area contributed by atoms with Crippen LogP contribution in [0.5, 0.6) is 0 Å². The molecule has 2 aliphatic heterocycles. The molecule has 1 aromatic rings. The van der Waals surface area contributed by atoms with E-state index in [1.165, 1.54) is 16.7 Å². The first-order valence-corrected chi connectivity index (χ1v) is 10.5. The van der Waals surface area contributed by atoms with Crippen LogP contribution in [0.1, 0.15) is 39.2 Å². The van der Waals surface area contributed by atoms with Crippen molar-refractivity contribution in [3.8, 4) is 0 Å². The third kappa shape index (κ3) is 4.47. The molecule has 0 radical (unpaired) electrons. The predicted octanol–water partition coefficient (Wildman–Crippen LogP) is 2.32. The zero-order valence-corrected chi connectivity index (χ0v) is 17.6. The molecule has 1 aromatic carbocycles. The second-order valence-corrected chi connectivity index (χ2v) is 9.49. The molecule has 0 unspecified atom stereocenters. The van der Waals surface area contributed by atoms with Gasteiger partial charge in [-0.1, -0.05) is 37.3 Å². The summed E-state index contributed by atoms with van der Waals surface area (Å²) < 4.78 is 9.30. The molecule has 7 nitrogen and oxygen atoms in total. The van der Waals surface area contributed by atoms with E-state index in [1.807, 2.05) is 44.2 Å². The Morgan fingerprint density at radius 2 is 1.83 bits per heavy atom. The Hall–Kier alpha value is -2.35. The maximum absolute atomic E-state index is 12.7. The number of ether oxygens (including phenoxy) is 2. The lowest BCUT2D eigenvalue weighted by atomic mass is 9.87. The van der Waals surface area contributed by atoms with Gasteiger partial charge in [0.05, 0.1) is 11.3 Å². The summed E-state index contributed by atoms with van der Waals surface area (Å²) in [7, 11) is 0. The van der Waals surface area contributed by atoms with Crippen LogP contribution in [0.4, 0.5) is 0 Å². The number of carbonyl (C=O) groups is 4. The first-order chi connectivity index (χ1) is 13.7. The number of benzene rings is 1. The molecule has 3 atom stereocenters. The number of rotatable bonds is 8. The van der Waals surface area contributed by atoms with Crippen molar-refractivity contribution in [1.29, 1.82) is 0 Å². The van der Waals surface area contributed by atoms with Crippen LogP contribution in [0.25, 0.3) is 0 Å². The summed E-state index contributed by atoms with van der Waals surface area (Å²) in [5.41, 5.74) is 0.920. The van der Waals surface area contributed by atoms with Gasteiger partial charge >= 0.3 is 11.9 Å². The maximum Gasteiger partial charge on any atom is 0.333 e. The van der Waals surface area contributed by atoms with Crippen LogP contribution in [0, 0.1) is 5.92 Å².